The molecule has 0 fully saturated rings. The van der Waals surface area contributed by atoms with Crippen LogP contribution in [0.25, 0.3) is 10.4 Å². The van der Waals surface area contributed by atoms with Crippen LogP contribution in [-0.2, 0) is 22.4 Å². The second kappa shape index (κ2) is 7.59. The molecule has 0 unspecified atom stereocenters. The molecule has 2 aromatic rings. The lowest BCUT2D eigenvalue weighted by Gasteiger charge is -2.15. The number of ether oxygens (including phenoxy) is 1. The molecule has 3 rings (SSSR count). The maximum absolute atomic E-state index is 12.3. The average Bonchev–Trinajstić information content (AvgIpc) is 3.05. The lowest BCUT2D eigenvalue weighted by molar-refractivity contribution is -0.120. The van der Waals surface area contributed by atoms with Crippen LogP contribution in [0.4, 0.5) is 0 Å². The number of aryl methyl sites for hydroxylation is 2. The summed E-state index contributed by atoms with van der Waals surface area (Å²) < 4.78 is 4.86. The van der Waals surface area contributed by atoms with Gasteiger partial charge >= 0.3 is 0 Å². The normalized spacial score (nSPS) is 12.2. The summed E-state index contributed by atoms with van der Waals surface area (Å²) in [6, 6.07) is 10.3. The van der Waals surface area contributed by atoms with Crippen molar-refractivity contribution in [3.8, 4) is 10.4 Å². The number of thiophene rings is 1. The molecule has 0 radical (unpaired) electrons. The van der Waals surface area contributed by atoms with Crippen LogP contribution in [0.15, 0.2) is 30.3 Å². The van der Waals surface area contributed by atoms with Gasteiger partial charge in [-0.25, -0.2) is 0 Å². The highest BCUT2D eigenvalue weighted by Gasteiger charge is 2.21. The number of rotatable bonds is 6. The molecule has 0 saturated heterocycles. The van der Waals surface area contributed by atoms with Gasteiger partial charge in [0.1, 0.15) is 0 Å². The summed E-state index contributed by atoms with van der Waals surface area (Å²) in [5.41, 5.74) is 3.77. The number of carbonyl (C=O) groups excluding carboxylic acids is 2. The number of fused-ring (bicyclic) bond motifs is 3. The number of carbonyl (C=O) groups is 2. The van der Waals surface area contributed by atoms with Crippen LogP contribution in [0.5, 0.6) is 0 Å². The van der Waals surface area contributed by atoms with Crippen molar-refractivity contribution < 1.29 is 14.3 Å². The number of nitrogens with one attached hydrogen (secondary N) is 2. The van der Waals surface area contributed by atoms with E-state index in [0.717, 1.165) is 12.8 Å². The van der Waals surface area contributed by atoms with Crippen molar-refractivity contribution in [1.29, 1.82) is 0 Å². The van der Waals surface area contributed by atoms with E-state index >= 15 is 0 Å². The minimum Gasteiger partial charge on any atom is -0.383 e. The molecule has 1 aromatic heterocycles. The second-order valence-electron chi connectivity index (χ2n) is 5.65. The summed E-state index contributed by atoms with van der Waals surface area (Å²) in [7, 11) is 1.57. The van der Waals surface area contributed by atoms with Crippen LogP contribution in [0, 0.1) is 0 Å². The Bertz CT molecular complexity index is 754. The van der Waals surface area contributed by atoms with Crippen LogP contribution < -0.4 is 10.6 Å². The van der Waals surface area contributed by atoms with E-state index in [1.165, 1.54) is 32.9 Å². The highest BCUT2D eigenvalue weighted by atomic mass is 32.1. The molecule has 126 valence electrons. The van der Waals surface area contributed by atoms with Crippen molar-refractivity contribution >= 4 is 23.2 Å². The molecule has 2 N–H and O–H groups in total. The van der Waals surface area contributed by atoms with Gasteiger partial charge in [-0.2, -0.15) is 0 Å². The van der Waals surface area contributed by atoms with Crippen molar-refractivity contribution in [1.82, 2.24) is 10.6 Å². The largest absolute Gasteiger partial charge is 0.383 e. The van der Waals surface area contributed by atoms with Crippen LogP contribution in [-0.4, -0.2) is 38.6 Å². The van der Waals surface area contributed by atoms with Gasteiger partial charge < -0.3 is 15.4 Å². The Hall–Kier alpha value is -2.18. The molecule has 1 aliphatic rings. The number of methoxy groups -OCH3 is 1. The highest BCUT2D eigenvalue weighted by Crippen LogP contribution is 2.39. The summed E-state index contributed by atoms with van der Waals surface area (Å²) in [5, 5.41) is 5.35. The van der Waals surface area contributed by atoms with E-state index in [-0.39, 0.29) is 18.4 Å². The third-order valence-electron chi connectivity index (χ3n) is 4.00. The van der Waals surface area contributed by atoms with Gasteiger partial charge in [-0.15, -0.1) is 11.3 Å². The van der Waals surface area contributed by atoms with E-state index in [9.17, 15) is 9.59 Å². The van der Waals surface area contributed by atoms with Crippen molar-refractivity contribution in [2.45, 2.75) is 12.8 Å². The third-order valence-corrected chi connectivity index (χ3v) is 5.21. The fourth-order valence-corrected chi connectivity index (χ4v) is 3.97. The first kappa shape index (κ1) is 16.7. The quantitative estimate of drug-likeness (QED) is 0.788. The van der Waals surface area contributed by atoms with Crippen molar-refractivity contribution in [2.24, 2.45) is 0 Å². The zero-order chi connectivity index (χ0) is 16.9. The zero-order valence-electron chi connectivity index (χ0n) is 13.6. The third kappa shape index (κ3) is 3.66. The molecule has 5 nitrogen and oxygen atoms in total. The summed E-state index contributed by atoms with van der Waals surface area (Å²) in [6.45, 7) is 0.869. The summed E-state index contributed by atoms with van der Waals surface area (Å²) in [5.74, 6) is -0.416. The molecule has 2 amide bonds. The predicted molar refractivity (Wildman–Crippen MR) is 94.4 cm³/mol. The van der Waals surface area contributed by atoms with E-state index in [2.05, 4.69) is 22.8 Å². The van der Waals surface area contributed by atoms with Gasteiger partial charge in [-0.3, -0.25) is 9.59 Å². The predicted octanol–water partition coefficient (Wildman–Crippen LogP) is 2.01. The number of benzene rings is 1. The zero-order valence-corrected chi connectivity index (χ0v) is 14.4. The molecule has 24 heavy (non-hydrogen) atoms. The Kier molecular flexibility index (Phi) is 5.27. The first-order chi connectivity index (χ1) is 11.7. The van der Waals surface area contributed by atoms with Crippen molar-refractivity contribution in [3.63, 3.8) is 0 Å². The smallest absolute Gasteiger partial charge is 0.261 e. The Labute approximate surface area is 145 Å². The van der Waals surface area contributed by atoms with Crippen molar-refractivity contribution in [2.75, 3.05) is 26.8 Å². The Morgan fingerprint density at radius 3 is 2.79 bits per heavy atom. The van der Waals surface area contributed by atoms with E-state index in [1.54, 1.807) is 7.11 Å². The SMILES string of the molecule is COCCNC(=O)CNC(=O)c1cc2c(s1)-c1ccccc1CC2. The lowest BCUT2D eigenvalue weighted by Crippen LogP contribution is -2.37. The average molecular weight is 344 g/mol. The van der Waals surface area contributed by atoms with Crippen LogP contribution in [0.3, 0.4) is 0 Å². The summed E-state index contributed by atoms with van der Waals surface area (Å²) in [6.07, 6.45) is 1.95. The van der Waals surface area contributed by atoms with Gasteiger partial charge in [0.05, 0.1) is 18.0 Å². The molecule has 1 aliphatic carbocycles. The van der Waals surface area contributed by atoms with Gasteiger partial charge in [0.2, 0.25) is 5.91 Å². The van der Waals surface area contributed by atoms with Crippen LogP contribution >= 0.6 is 11.3 Å². The van der Waals surface area contributed by atoms with E-state index in [1.807, 2.05) is 18.2 Å². The molecule has 0 saturated carbocycles. The molecular formula is C18H20N2O3S. The minimum atomic E-state index is -0.216. The fraction of sp³-hybridized carbons (Fsp3) is 0.333. The van der Waals surface area contributed by atoms with E-state index in [0.29, 0.717) is 18.0 Å². The molecule has 1 aromatic carbocycles. The molecule has 1 heterocycles. The summed E-state index contributed by atoms with van der Waals surface area (Å²) >= 11 is 1.50. The van der Waals surface area contributed by atoms with Gasteiger partial charge in [0, 0.05) is 18.5 Å². The molecule has 0 spiro atoms. The summed E-state index contributed by atoms with van der Waals surface area (Å²) in [4.78, 5) is 25.8. The number of hydrogen-bond donors (Lipinski definition) is 2. The first-order valence-electron chi connectivity index (χ1n) is 7.94. The van der Waals surface area contributed by atoms with Gasteiger partial charge in [0.15, 0.2) is 0 Å². The minimum absolute atomic E-state index is 0.0261. The fourth-order valence-electron chi connectivity index (χ4n) is 2.79. The molecule has 6 heteroatoms. The maximum atomic E-state index is 12.3. The second-order valence-corrected chi connectivity index (χ2v) is 6.70. The van der Waals surface area contributed by atoms with Crippen molar-refractivity contribution in [3.05, 3.63) is 46.3 Å². The van der Waals surface area contributed by atoms with E-state index in [4.69, 9.17) is 4.74 Å². The standard InChI is InChI=1S/C18H20N2O3S/c1-23-9-8-19-16(21)11-20-18(22)15-10-13-7-6-12-4-2-3-5-14(12)17(13)24-15/h2-5,10H,6-9,11H2,1H3,(H,19,21)(H,20,22). The molecule has 0 bridgehead atoms. The monoisotopic (exact) mass is 344 g/mol. The topological polar surface area (TPSA) is 67.4 Å². The maximum Gasteiger partial charge on any atom is 0.261 e. The Morgan fingerprint density at radius 1 is 1.17 bits per heavy atom. The van der Waals surface area contributed by atoms with Gasteiger partial charge in [-0.1, -0.05) is 24.3 Å². The highest BCUT2D eigenvalue weighted by molar-refractivity contribution is 7.17. The number of hydrogen-bond acceptors (Lipinski definition) is 4. The van der Waals surface area contributed by atoms with Crippen LogP contribution in [0.1, 0.15) is 20.8 Å². The Morgan fingerprint density at radius 2 is 1.96 bits per heavy atom. The van der Waals surface area contributed by atoms with Crippen LogP contribution in [0.2, 0.25) is 0 Å². The van der Waals surface area contributed by atoms with Gasteiger partial charge in [0.25, 0.3) is 5.91 Å². The molecular weight excluding hydrogens is 324 g/mol. The number of amides is 2. The van der Waals surface area contributed by atoms with E-state index < -0.39 is 0 Å². The molecule has 0 aliphatic heterocycles. The Balaban J connectivity index is 1.64. The molecule has 0 atom stereocenters. The first-order valence-corrected chi connectivity index (χ1v) is 8.75. The van der Waals surface area contributed by atoms with Gasteiger partial charge in [-0.05, 0) is 35.6 Å². The lowest BCUT2D eigenvalue weighted by atomic mass is 9.91.